The third-order valence-electron chi connectivity index (χ3n) is 4.64. The van der Waals surface area contributed by atoms with Gasteiger partial charge in [-0.25, -0.2) is 14.8 Å². The molecule has 0 amide bonds. The van der Waals surface area contributed by atoms with Gasteiger partial charge in [0, 0.05) is 25.5 Å². The number of benzene rings is 2. The number of rotatable bonds is 5. The van der Waals surface area contributed by atoms with Crippen molar-refractivity contribution in [1.29, 1.82) is 5.41 Å². The highest BCUT2D eigenvalue weighted by Crippen LogP contribution is 2.21. The molecule has 0 aliphatic rings. The molecule has 4 aromatic rings. The molecule has 4 rings (SSSR count). The van der Waals surface area contributed by atoms with Crippen molar-refractivity contribution >= 4 is 33.9 Å². The fourth-order valence-electron chi connectivity index (χ4n) is 3.29. The van der Waals surface area contributed by atoms with E-state index in [4.69, 9.17) is 11.1 Å². The number of carbonyl (C=O) groups is 1. The second-order valence-corrected chi connectivity index (χ2v) is 6.39. The first-order valence-electron chi connectivity index (χ1n) is 8.44. The SMILES string of the molecule is Cn1c(CCc2nc3ccc(C(=N)N)cc3[nH]2)nc2cccc(C(=O)O)c21. The predicted molar refractivity (Wildman–Crippen MR) is 102 cm³/mol. The summed E-state index contributed by atoms with van der Waals surface area (Å²) >= 11 is 0. The standard InChI is InChI=1S/C19H18N6O2/c1-25-16(24-13-4-2-3-11(17(13)25)19(26)27)8-7-15-22-12-6-5-10(18(20)21)9-14(12)23-15/h2-6,9H,7-8H2,1H3,(H3,20,21)(H,22,23)(H,26,27). The zero-order valence-electron chi connectivity index (χ0n) is 14.7. The van der Waals surface area contributed by atoms with Gasteiger partial charge in [-0.05, 0) is 30.3 Å². The lowest BCUT2D eigenvalue weighted by molar-refractivity contribution is 0.0698. The minimum absolute atomic E-state index is 0.0157. The van der Waals surface area contributed by atoms with Crippen LogP contribution in [0.2, 0.25) is 0 Å². The number of hydrogen-bond donors (Lipinski definition) is 4. The summed E-state index contributed by atoms with van der Waals surface area (Å²) in [7, 11) is 1.83. The molecule has 0 saturated carbocycles. The first kappa shape index (κ1) is 16.8. The van der Waals surface area contributed by atoms with Crippen LogP contribution < -0.4 is 5.73 Å². The van der Waals surface area contributed by atoms with Gasteiger partial charge in [-0.3, -0.25) is 5.41 Å². The van der Waals surface area contributed by atoms with Crippen LogP contribution in [0.15, 0.2) is 36.4 Å². The third-order valence-corrected chi connectivity index (χ3v) is 4.64. The van der Waals surface area contributed by atoms with Crippen molar-refractivity contribution in [2.24, 2.45) is 12.8 Å². The van der Waals surface area contributed by atoms with Crippen molar-refractivity contribution in [3.63, 3.8) is 0 Å². The second-order valence-electron chi connectivity index (χ2n) is 6.39. The number of aromatic nitrogens is 4. The number of para-hydroxylation sites is 1. The highest BCUT2D eigenvalue weighted by molar-refractivity contribution is 6.01. The minimum atomic E-state index is -0.964. The number of fused-ring (bicyclic) bond motifs is 2. The van der Waals surface area contributed by atoms with Gasteiger partial charge in [0.25, 0.3) is 0 Å². The molecule has 2 aromatic heterocycles. The van der Waals surface area contributed by atoms with E-state index in [1.54, 1.807) is 18.2 Å². The molecule has 0 atom stereocenters. The summed E-state index contributed by atoms with van der Waals surface area (Å²) in [5.41, 5.74) is 9.35. The zero-order chi connectivity index (χ0) is 19.1. The van der Waals surface area contributed by atoms with Gasteiger partial charge >= 0.3 is 5.97 Å². The topological polar surface area (TPSA) is 134 Å². The number of aryl methyl sites for hydroxylation is 3. The number of carboxylic acids is 1. The van der Waals surface area contributed by atoms with Crippen molar-refractivity contribution < 1.29 is 9.90 Å². The Morgan fingerprint density at radius 3 is 2.78 bits per heavy atom. The minimum Gasteiger partial charge on any atom is -0.478 e. The van der Waals surface area contributed by atoms with E-state index in [9.17, 15) is 9.90 Å². The Bertz CT molecular complexity index is 1200. The molecule has 0 unspecified atom stereocenters. The highest BCUT2D eigenvalue weighted by Gasteiger charge is 2.16. The largest absolute Gasteiger partial charge is 0.478 e. The Morgan fingerprint density at radius 2 is 2.04 bits per heavy atom. The molecule has 27 heavy (non-hydrogen) atoms. The number of aromatic carboxylic acids is 1. The van der Waals surface area contributed by atoms with Gasteiger partial charge in [0.1, 0.15) is 17.5 Å². The quantitative estimate of drug-likeness (QED) is 0.319. The summed E-state index contributed by atoms with van der Waals surface area (Å²) in [6.07, 6.45) is 1.24. The fraction of sp³-hybridized carbons (Fsp3) is 0.158. The summed E-state index contributed by atoms with van der Waals surface area (Å²) in [6.45, 7) is 0. The maximum absolute atomic E-state index is 11.5. The molecule has 0 aliphatic carbocycles. The lowest BCUT2D eigenvalue weighted by Gasteiger charge is -2.03. The molecule has 2 heterocycles. The van der Waals surface area contributed by atoms with Gasteiger partial charge in [-0.2, -0.15) is 0 Å². The average Bonchev–Trinajstić information content (AvgIpc) is 3.19. The Labute approximate surface area is 154 Å². The molecular formula is C19H18N6O2. The monoisotopic (exact) mass is 362 g/mol. The number of nitrogens with zero attached hydrogens (tertiary/aromatic N) is 3. The van der Waals surface area contributed by atoms with E-state index in [2.05, 4.69) is 15.0 Å². The van der Waals surface area contributed by atoms with Gasteiger partial charge < -0.3 is 20.4 Å². The number of carboxylic acid groups (broad SMARTS) is 1. The molecule has 8 nitrogen and oxygen atoms in total. The van der Waals surface area contributed by atoms with Crippen molar-refractivity contribution in [3.8, 4) is 0 Å². The Kier molecular flexibility index (Phi) is 3.88. The number of H-pyrrole nitrogens is 1. The summed E-state index contributed by atoms with van der Waals surface area (Å²) < 4.78 is 1.83. The van der Waals surface area contributed by atoms with Crippen molar-refractivity contribution in [2.45, 2.75) is 12.8 Å². The van der Waals surface area contributed by atoms with E-state index in [0.717, 1.165) is 22.7 Å². The molecule has 8 heteroatoms. The van der Waals surface area contributed by atoms with Crippen molar-refractivity contribution in [2.75, 3.05) is 0 Å². The number of hydrogen-bond acceptors (Lipinski definition) is 4. The van der Waals surface area contributed by atoms with E-state index >= 15 is 0 Å². The molecule has 0 radical (unpaired) electrons. The maximum atomic E-state index is 11.5. The van der Waals surface area contributed by atoms with Crippen LogP contribution in [0, 0.1) is 5.41 Å². The second kappa shape index (κ2) is 6.24. The third kappa shape index (κ3) is 2.91. The number of imidazole rings is 2. The lowest BCUT2D eigenvalue weighted by Crippen LogP contribution is -2.10. The summed E-state index contributed by atoms with van der Waals surface area (Å²) in [5.74, 6) is 0.649. The van der Waals surface area contributed by atoms with Crippen molar-refractivity contribution in [1.82, 2.24) is 19.5 Å². The molecule has 5 N–H and O–H groups in total. The smallest absolute Gasteiger partial charge is 0.337 e. The number of nitrogens with two attached hydrogens (primary N) is 1. The summed E-state index contributed by atoms with van der Waals surface area (Å²) in [6, 6.07) is 10.5. The molecule has 0 spiro atoms. The molecular weight excluding hydrogens is 344 g/mol. The van der Waals surface area contributed by atoms with Crippen LogP contribution in [0.3, 0.4) is 0 Å². The van der Waals surface area contributed by atoms with Gasteiger partial charge in [-0.15, -0.1) is 0 Å². The van der Waals surface area contributed by atoms with E-state index in [1.165, 1.54) is 0 Å². The fourth-order valence-corrected chi connectivity index (χ4v) is 3.29. The van der Waals surface area contributed by atoms with E-state index < -0.39 is 5.97 Å². The zero-order valence-corrected chi connectivity index (χ0v) is 14.7. The number of amidine groups is 1. The Balaban J connectivity index is 1.63. The Morgan fingerprint density at radius 1 is 1.22 bits per heavy atom. The molecule has 0 bridgehead atoms. The van der Waals surface area contributed by atoms with E-state index in [-0.39, 0.29) is 11.4 Å². The molecule has 0 fully saturated rings. The van der Waals surface area contributed by atoms with Gasteiger partial charge in [-0.1, -0.05) is 6.07 Å². The predicted octanol–water partition coefficient (Wildman–Crippen LogP) is 2.22. The molecule has 136 valence electrons. The van der Waals surface area contributed by atoms with Crippen molar-refractivity contribution in [3.05, 3.63) is 59.2 Å². The van der Waals surface area contributed by atoms with Crippen LogP contribution in [0.4, 0.5) is 0 Å². The van der Waals surface area contributed by atoms with Crippen LogP contribution >= 0.6 is 0 Å². The highest BCUT2D eigenvalue weighted by atomic mass is 16.4. The lowest BCUT2D eigenvalue weighted by atomic mass is 10.2. The van der Waals surface area contributed by atoms with Crippen LogP contribution in [-0.2, 0) is 19.9 Å². The average molecular weight is 362 g/mol. The molecule has 0 saturated heterocycles. The first-order valence-corrected chi connectivity index (χ1v) is 8.44. The van der Waals surface area contributed by atoms with E-state index in [0.29, 0.717) is 29.4 Å². The summed E-state index contributed by atoms with van der Waals surface area (Å²) in [5, 5.41) is 16.9. The Hall–Kier alpha value is -3.68. The van der Waals surface area contributed by atoms with Crippen LogP contribution in [0.1, 0.15) is 27.6 Å². The number of nitrogens with one attached hydrogen (secondary N) is 2. The summed E-state index contributed by atoms with van der Waals surface area (Å²) in [4.78, 5) is 23.8. The number of nitrogen functional groups attached to an aromatic ring is 1. The van der Waals surface area contributed by atoms with Gasteiger partial charge in [0.2, 0.25) is 0 Å². The van der Waals surface area contributed by atoms with Crippen LogP contribution in [-0.4, -0.2) is 36.4 Å². The maximum Gasteiger partial charge on any atom is 0.337 e. The van der Waals surface area contributed by atoms with Crippen LogP contribution in [0.5, 0.6) is 0 Å². The number of aromatic amines is 1. The normalized spacial score (nSPS) is 11.3. The van der Waals surface area contributed by atoms with Gasteiger partial charge in [0.15, 0.2) is 0 Å². The van der Waals surface area contributed by atoms with Gasteiger partial charge in [0.05, 0.1) is 27.6 Å². The van der Waals surface area contributed by atoms with Crippen LogP contribution in [0.25, 0.3) is 22.1 Å². The first-order chi connectivity index (χ1) is 12.9. The molecule has 2 aromatic carbocycles. The van der Waals surface area contributed by atoms with E-state index in [1.807, 2.05) is 29.8 Å². The molecule has 0 aliphatic heterocycles.